The van der Waals surface area contributed by atoms with E-state index in [1.165, 1.54) is 0 Å². The number of halogens is 2. The number of hydrogen-bond acceptors (Lipinski definition) is 3. The van der Waals surface area contributed by atoms with Gasteiger partial charge in [0.05, 0.1) is 0 Å². The molecule has 19 heavy (non-hydrogen) atoms. The van der Waals surface area contributed by atoms with Crippen LogP contribution in [0.4, 0.5) is 5.69 Å². The van der Waals surface area contributed by atoms with E-state index in [1.54, 1.807) is 32.0 Å². The van der Waals surface area contributed by atoms with Gasteiger partial charge in [-0.25, -0.2) is 0 Å². The van der Waals surface area contributed by atoms with Crippen LogP contribution >= 0.6 is 23.2 Å². The minimum atomic E-state index is -0.734. The zero-order valence-electron chi connectivity index (χ0n) is 10.5. The van der Waals surface area contributed by atoms with Gasteiger partial charge in [0.25, 0.3) is 0 Å². The van der Waals surface area contributed by atoms with Crippen LogP contribution in [0.3, 0.4) is 0 Å². The Morgan fingerprint density at radius 3 is 2.26 bits per heavy atom. The molecule has 1 unspecified atom stereocenters. The summed E-state index contributed by atoms with van der Waals surface area (Å²) in [6.07, 6.45) is 0. The molecule has 0 saturated carbocycles. The van der Waals surface area contributed by atoms with Crippen LogP contribution < -0.4 is 11.1 Å². The van der Waals surface area contributed by atoms with E-state index in [-0.39, 0.29) is 17.7 Å². The molecule has 4 N–H and O–H groups in total. The highest BCUT2D eigenvalue weighted by atomic mass is 35.5. The third-order valence-corrected chi connectivity index (χ3v) is 2.95. The van der Waals surface area contributed by atoms with Crippen molar-refractivity contribution in [3.8, 4) is 0 Å². The number of carbonyl (C=O) groups is 1. The second-order valence-electron chi connectivity index (χ2n) is 4.39. The monoisotopic (exact) mass is 303 g/mol. The Bertz CT molecular complexity index is 483. The van der Waals surface area contributed by atoms with E-state index in [0.29, 0.717) is 15.7 Å². The van der Waals surface area contributed by atoms with Gasteiger partial charge in [0.15, 0.2) is 5.84 Å². The standard InChI is InChI=1S/C12H15Cl2N3O2/c1-6(2)10(11(15)17-19)12(18)16-9-4-7(13)3-8(14)5-9/h3-6,10,19H,1-2H3,(H2,15,17)(H,16,18). The summed E-state index contributed by atoms with van der Waals surface area (Å²) in [6.45, 7) is 3.60. The molecule has 0 saturated heterocycles. The lowest BCUT2D eigenvalue weighted by Crippen LogP contribution is -2.38. The molecular formula is C12H15Cl2N3O2. The summed E-state index contributed by atoms with van der Waals surface area (Å²) in [7, 11) is 0. The van der Waals surface area contributed by atoms with Crippen molar-refractivity contribution in [3.63, 3.8) is 0 Å². The van der Waals surface area contributed by atoms with Crippen molar-refractivity contribution in [2.45, 2.75) is 13.8 Å². The fourth-order valence-corrected chi connectivity index (χ4v) is 2.21. The quantitative estimate of drug-likeness (QED) is 0.346. The van der Waals surface area contributed by atoms with E-state index in [0.717, 1.165) is 0 Å². The molecule has 0 bridgehead atoms. The average Bonchev–Trinajstić information content (AvgIpc) is 2.26. The number of benzene rings is 1. The molecule has 0 fully saturated rings. The summed E-state index contributed by atoms with van der Waals surface area (Å²) >= 11 is 11.7. The number of oxime groups is 1. The largest absolute Gasteiger partial charge is 0.409 e. The molecule has 104 valence electrons. The number of anilines is 1. The van der Waals surface area contributed by atoms with Gasteiger partial charge in [0.1, 0.15) is 5.92 Å². The Balaban J connectivity index is 2.93. The molecule has 1 rings (SSSR count). The van der Waals surface area contributed by atoms with E-state index < -0.39 is 5.92 Å². The van der Waals surface area contributed by atoms with Crippen LogP contribution in [-0.4, -0.2) is 17.0 Å². The SMILES string of the molecule is CC(C)C(C(=O)Nc1cc(Cl)cc(Cl)c1)C(N)=NO. The molecule has 0 aliphatic rings. The number of nitrogens with two attached hydrogens (primary N) is 1. The number of amidine groups is 1. The van der Waals surface area contributed by atoms with Crippen molar-refractivity contribution in [3.05, 3.63) is 28.2 Å². The van der Waals surface area contributed by atoms with Gasteiger partial charge in [-0.05, 0) is 24.1 Å². The number of rotatable bonds is 4. The van der Waals surface area contributed by atoms with Crippen molar-refractivity contribution >= 4 is 40.6 Å². The number of nitrogens with one attached hydrogen (secondary N) is 1. The van der Waals surface area contributed by atoms with Gasteiger partial charge >= 0.3 is 0 Å². The molecule has 1 atom stereocenters. The van der Waals surface area contributed by atoms with Gasteiger partial charge in [-0.3, -0.25) is 4.79 Å². The normalized spacial score (nSPS) is 13.4. The first kappa shape index (κ1) is 15.6. The van der Waals surface area contributed by atoms with Crippen molar-refractivity contribution < 1.29 is 10.0 Å². The third kappa shape index (κ3) is 4.29. The molecule has 5 nitrogen and oxygen atoms in total. The lowest BCUT2D eigenvalue weighted by atomic mass is 9.94. The van der Waals surface area contributed by atoms with Crippen molar-refractivity contribution in [1.29, 1.82) is 0 Å². The molecule has 1 aromatic carbocycles. The summed E-state index contributed by atoms with van der Waals surface area (Å²) in [6, 6.07) is 4.69. The minimum Gasteiger partial charge on any atom is -0.409 e. The van der Waals surface area contributed by atoms with Crippen LogP contribution in [0.1, 0.15) is 13.8 Å². The Kier molecular flexibility index (Phi) is 5.44. The molecule has 0 aromatic heterocycles. The first-order chi connectivity index (χ1) is 8.85. The van der Waals surface area contributed by atoms with E-state index in [1.807, 2.05) is 0 Å². The highest BCUT2D eigenvalue weighted by Gasteiger charge is 2.26. The topological polar surface area (TPSA) is 87.7 Å². The summed E-state index contributed by atoms with van der Waals surface area (Å²) in [5, 5.41) is 15.0. The zero-order valence-corrected chi connectivity index (χ0v) is 12.0. The van der Waals surface area contributed by atoms with E-state index in [9.17, 15) is 4.79 Å². The Labute approximate surface area is 121 Å². The van der Waals surface area contributed by atoms with E-state index >= 15 is 0 Å². The average molecular weight is 304 g/mol. The van der Waals surface area contributed by atoms with E-state index in [4.69, 9.17) is 34.1 Å². The summed E-state index contributed by atoms with van der Waals surface area (Å²) in [4.78, 5) is 12.1. The second-order valence-corrected chi connectivity index (χ2v) is 5.27. The molecule has 0 radical (unpaired) electrons. The fourth-order valence-electron chi connectivity index (χ4n) is 1.69. The first-order valence-electron chi connectivity index (χ1n) is 5.59. The van der Waals surface area contributed by atoms with Crippen molar-refractivity contribution in [1.82, 2.24) is 0 Å². The van der Waals surface area contributed by atoms with Crippen LogP contribution in [0.25, 0.3) is 0 Å². The predicted octanol–water partition coefficient (Wildman–Crippen LogP) is 2.95. The minimum absolute atomic E-state index is 0.120. The van der Waals surface area contributed by atoms with Crippen LogP contribution in [0.2, 0.25) is 10.0 Å². The van der Waals surface area contributed by atoms with Crippen molar-refractivity contribution in [2.24, 2.45) is 22.7 Å². The summed E-state index contributed by atoms with van der Waals surface area (Å²) < 4.78 is 0. The second kappa shape index (κ2) is 6.63. The highest BCUT2D eigenvalue weighted by Crippen LogP contribution is 2.23. The third-order valence-electron chi connectivity index (χ3n) is 2.51. The molecule has 1 aromatic rings. The maximum absolute atomic E-state index is 12.1. The molecule has 0 aliphatic carbocycles. The number of amides is 1. The van der Waals surface area contributed by atoms with Gasteiger partial charge in [-0.15, -0.1) is 0 Å². The van der Waals surface area contributed by atoms with Crippen molar-refractivity contribution in [2.75, 3.05) is 5.32 Å². The Morgan fingerprint density at radius 1 is 1.32 bits per heavy atom. The summed E-state index contributed by atoms with van der Waals surface area (Å²) in [5.41, 5.74) is 5.98. The Hall–Kier alpha value is -1.46. The molecule has 0 aliphatic heterocycles. The van der Waals surface area contributed by atoms with Gasteiger partial charge in [-0.2, -0.15) is 0 Å². The number of carbonyl (C=O) groups excluding carboxylic acids is 1. The fraction of sp³-hybridized carbons (Fsp3) is 0.333. The van der Waals surface area contributed by atoms with Crippen LogP contribution in [0.5, 0.6) is 0 Å². The van der Waals surface area contributed by atoms with Gasteiger partial charge in [0, 0.05) is 15.7 Å². The lowest BCUT2D eigenvalue weighted by molar-refractivity contribution is -0.119. The maximum Gasteiger partial charge on any atom is 0.235 e. The van der Waals surface area contributed by atoms with E-state index in [2.05, 4.69) is 10.5 Å². The number of hydrogen-bond donors (Lipinski definition) is 3. The molecule has 1 amide bonds. The molecular weight excluding hydrogens is 289 g/mol. The highest BCUT2D eigenvalue weighted by molar-refractivity contribution is 6.35. The molecule has 0 spiro atoms. The molecule has 7 heteroatoms. The zero-order chi connectivity index (χ0) is 14.6. The smallest absolute Gasteiger partial charge is 0.235 e. The number of nitrogens with zero attached hydrogens (tertiary/aromatic N) is 1. The molecule has 0 heterocycles. The maximum atomic E-state index is 12.1. The van der Waals surface area contributed by atoms with Gasteiger partial charge in [-0.1, -0.05) is 42.2 Å². The summed E-state index contributed by atoms with van der Waals surface area (Å²) in [5.74, 6) is -1.38. The van der Waals surface area contributed by atoms with Crippen LogP contribution in [0, 0.1) is 11.8 Å². The lowest BCUT2D eigenvalue weighted by Gasteiger charge is -2.18. The van der Waals surface area contributed by atoms with Gasteiger partial charge < -0.3 is 16.3 Å². The van der Waals surface area contributed by atoms with Crippen LogP contribution in [-0.2, 0) is 4.79 Å². The predicted molar refractivity (Wildman–Crippen MR) is 76.8 cm³/mol. The van der Waals surface area contributed by atoms with Gasteiger partial charge in [0.2, 0.25) is 5.91 Å². The Morgan fingerprint density at radius 2 is 1.84 bits per heavy atom. The van der Waals surface area contributed by atoms with Crippen LogP contribution in [0.15, 0.2) is 23.4 Å². The first-order valence-corrected chi connectivity index (χ1v) is 6.35.